The standard InChI is InChI=1S/C30H22Br3N3O4/c31-23-13-7-12-21(14-23)30(39)40-28-22(15-24(32)16-25(28)33)17-35-36-26(37)18-34-29(38)27(19-8-3-1-4-9-19)20-10-5-2-6-11-20/h1-17,27H,18H2,(H,34,38)(H,36,37). The first-order valence-electron chi connectivity index (χ1n) is 12.0. The molecule has 10 heteroatoms. The lowest BCUT2D eigenvalue weighted by atomic mass is 9.90. The Kier molecular flexibility index (Phi) is 10.4. The Bertz CT molecular complexity index is 1510. The van der Waals surface area contributed by atoms with E-state index in [1.54, 1.807) is 36.4 Å². The summed E-state index contributed by atoms with van der Waals surface area (Å²) < 4.78 is 7.59. The Hall–Kier alpha value is -3.60. The van der Waals surface area contributed by atoms with E-state index in [-0.39, 0.29) is 18.2 Å². The van der Waals surface area contributed by atoms with Crippen molar-refractivity contribution in [3.63, 3.8) is 0 Å². The van der Waals surface area contributed by atoms with Crippen LogP contribution in [0.3, 0.4) is 0 Å². The predicted octanol–water partition coefficient (Wildman–Crippen LogP) is 6.59. The second-order valence-electron chi connectivity index (χ2n) is 8.47. The summed E-state index contributed by atoms with van der Waals surface area (Å²) in [4.78, 5) is 38.3. The number of hydrogen-bond donors (Lipinski definition) is 2. The van der Waals surface area contributed by atoms with Crippen molar-refractivity contribution in [2.75, 3.05) is 6.54 Å². The maximum atomic E-state index is 13.1. The van der Waals surface area contributed by atoms with Crippen molar-refractivity contribution in [1.82, 2.24) is 10.7 Å². The van der Waals surface area contributed by atoms with Gasteiger partial charge in [-0.05, 0) is 57.4 Å². The summed E-state index contributed by atoms with van der Waals surface area (Å²) in [5, 5.41) is 6.69. The molecule has 0 unspecified atom stereocenters. The van der Waals surface area contributed by atoms with Crippen molar-refractivity contribution >= 4 is 71.8 Å². The lowest BCUT2D eigenvalue weighted by Gasteiger charge is -2.17. The minimum absolute atomic E-state index is 0.230. The number of carbonyl (C=O) groups excluding carboxylic acids is 3. The van der Waals surface area contributed by atoms with Crippen molar-refractivity contribution in [1.29, 1.82) is 0 Å². The summed E-state index contributed by atoms with van der Waals surface area (Å²) in [5.41, 5.74) is 4.83. The third-order valence-electron chi connectivity index (χ3n) is 5.64. The van der Waals surface area contributed by atoms with E-state index in [0.717, 1.165) is 15.6 Å². The van der Waals surface area contributed by atoms with Crippen LogP contribution in [0.5, 0.6) is 5.75 Å². The van der Waals surface area contributed by atoms with Gasteiger partial charge in [0.15, 0.2) is 5.75 Å². The zero-order valence-electron chi connectivity index (χ0n) is 20.8. The molecule has 0 fully saturated rings. The second-order valence-corrected chi connectivity index (χ2v) is 11.2. The lowest BCUT2D eigenvalue weighted by Crippen LogP contribution is -2.37. The molecule has 0 aliphatic rings. The Morgan fingerprint density at radius 2 is 1.45 bits per heavy atom. The van der Waals surface area contributed by atoms with Gasteiger partial charge in [-0.2, -0.15) is 5.10 Å². The zero-order chi connectivity index (χ0) is 28.5. The molecule has 7 nitrogen and oxygen atoms in total. The molecule has 0 bridgehead atoms. The molecule has 0 atom stereocenters. The van der Waals surface area contributed by atoms with Gasteiger partial charge < -0.3 is 10.1 Å². The van der Waals surface area contributed by atoms with E-state index in [1.165, 1.54) is 6.21 Å². The summed E-state index contributed by atoms with van der Waals surface area (Å²) in [6.45, 7) is -0.279. The van der Waals surface area contributed by atoms with Gasteiger partial charge in [0.25, 0.3) is 5.91 Å². The van der Waals surface area contributed by atoms with Gasteiger partial charge in [-0.3, -0.25) is 9.59 Å². The third kappa shape index (κ3) is 7.97. The molecule has 2 N–H and O–H groups in total. The summed E-state index contributed by atoms with van der Waals surface area (Å²) in [7, 11) is 0. The highest BCUT2D eigenvalue weighted by atomic mass is 79.9. The molecule has 0 aliphatic carbocycles. The molecule has 202 valence electrons. The van der Waals surface area contributed by atoms with E-state index < -0.39 is 17.8 Å². The molecule has 4 aromatic rings. The third-order valence-corrected chi connectivity index (χ3v) is 7.18. The number of amides is 2. The summed E-state index contributed by atoms with van der Waals surface area (Å²) in [6, 6.07) is 29.0. The fraction of sp³-hybridized carbons (Fsp3) is 0.0667. The number of nitrogens with one attached hydrogen (secondary N) is 2. The summed E-state index contributed by atoms with van der Waals surface area (Å²) >= 11 is 10.2. The van der Waals surface area contributed by atoms with Crippen LogP contribution in [0.4, 0.5) is 0 Å². The Balaban J connectivity index is 1.41. The SMILES string of the molecule is O=C(CNC(=O)C(c1ccccc1)c1ccccc1)NN=Cc1cc(Br)cc(Br)c1OC(=O)c1cccc(Br)c1. The zero-order valence-corrected chi connectivity index (χ0v) is 25.6. The van der Waals surface area contributed by atoms with E-state index >= 15 is 0 Å². The fourth-order valence-electron chi connectivity index (χ4n) is 3.82. The van der Waals surface area contributed by atoms with Crippen LogP contribution in [0.15, 0.2) is 116 Å². The normalized spacial score (nSPS) is 10.9. The Morgan fingerprint density at radius 3 is 2.08 bits per heavy atom. The maximum Gasteiger partial charge on any atom is 0.343 e. The van der Waals surface area contributed by atoms with Gasteiger partial charge in [0.1, 0.15) is 0 Å². The van der Waals surface area contributed by atoms with Crippen LogP contribution in [0.2, 0.25) is 0 Å². The molecule has 0 saturated carbocycles. The number of benzene rings is 4. The lowest BCUT2D eigenvalue weighted by molar-refractivity contribution is -0.126. The van der Waals surface area contributed by atoms with Gasteiger partial charge in [0.2, 0.25) is 5.91 Å². The largest absolute Gasteiger partial charge is 0.421 e. The van der Waals surface area contributed by atoms with E-state index in [0.29, 0.717) is 20.1 Å². The van der Waals surface area contributed by atoms with E-state index in [2.05, 4.69) is 63.6 Å². The second kappa shape index (κ2) is 14.2. The van der Waals surface area contributed by atoms with Crippen LogP contribution in [0.1, 0.15) is 33.0 Å². The van der Waals surface area contributed by atoms with Crippen molar-refractivity contribution in [3.05, 3.63) is 133 Å². The predicted molar refractivity (Wildman–Crippen MR) is 164 cm³/mol. The summed E-state index contributed by atoms with van der Waals surface area (Å²) in [5.74, 6) is -1.73. The minimum Gasteiger partial charge on any atom is -0.421 e. The number of rotatable bonds is 9. The minimum atomic E-state index is -0.569. The van der Waals surface area contributed by atoms with Gasteiger partial charge in [-0.15, -0.1) is 0 Å². The molecule has 40 heavy (non-hydrogen) atoms. The van der Waals surface area contributed by atoms with Gasteiger partial charge in [0, 0.05) is 14.5 Å². The topological polar surface area (TPSA) is 96.9 Å². The molecule has 0 saturated heterocycles. The van der Waals surface area contributed by atoms with Crippen LogP contribution in [-0.2, 0) is 9.59 Å². The molecule has 0 aromatic heterocycles. The average molecular weight is 728 g/mol. The first-order chi connectivity index (χ1) is 19.3. The van der Waals surface area contributed by atoms with Crippen molar-refractivity contribution in [2.45, 2.75) is 5.92 Å². The van der Waals surface area contributed by atoms with Crippen LogP contribution < -0.4 is 15.5 Å². The van der Waals surface area contributed by atoms with Crippen molar-refractivity contribution in [2.24, 2.45) is 5.10 Å². The molecule has 0 radical (unpaired) electrons. The van der Waals surface area contributed by atoms with Gasteiger partial charge in [-0.1, -0.05) is 98.6 Å². The Morgan fingerprint density at radius 1 is 0.800 bits per heavy atom. The summed E-state index contributed by atoms with van der Waals surface area (Å²) in [6.07, 6.45) is 1.36. The highest BCUT2D eigenvalue weighted by molar-refractivity contribution is 9.11. The molecule has 4 rings (SSSR count). The molecular weight excluding hydrogens is 706 g/mol. The quantitative estimate of drug-likeness (QED) is 0.0881. The average Bonchev–Trinajstić information content (AvgIpc) is 2.95. The molecular formula is C30H22Br3N3O4. The monoisotopic (exact) mass is 725 g/mol. The van der Waals surface area contributed by atoms with Crippen molar-refractivity contribution < 1.29 is 19.1 Å². The van der Waals surface area contributed by atoms with E-state index in [1.807, 2.05) is 60.7 Å². The number of nitrogens with zero attached hydrogens (tertiary/aromatic N) is 1. The molecule has 2 amide bonds. The smallest absolute Gasteiger partial charge is 0.343 e. The molecule has 0 spiro atoms. The van der Waals surface area contributed by atoms with Crippen LogP contribution in [0, 0.1) is 0 Å². The number of hydrazone groups is 1. The van der Waals surface area contributed by atoms with Gasteiger partial charge in [0.05, 0.1) is 28.7 Å². The van der Waals surface area contributed by atoms with Gasteiger partial charge >= 0.3 is 5.97 Å². The fourth-order valence-corrected chi connectivity index (χ4v) is 5.56. The Labute approximate surface area is 256 Å². The number of esters is 1. The van der Waals surface area contributed by atoms with E-state index in [4.69, 9.17) is 4.74 Å². The highest BCUT2D eigenvalue weighted by Gasteiger charge is 2.23. The van der Waals surface area contributed by atoms with Crippen LogP contribution >= 0.6 is 47.8 Å². The first-order valence-corrected chi connectivity index (χ1v) is 14.4. The maximum absolute atomic E-state index is 13.1. The highest BCUT2D eigenvalue weighted by Crippen LogP contribution is 2.33. The first kappa shape index (κ1) is 29.4. The van der Waals surface area contributed by atoms with Crippen LogP contribution in [-0.4, -0.2) is 30.5 Å². The molecule has 0 heterocycles. The van der Waals surface area contributed by atoms with Crippen molar-refractivity contribution in [3.8, 4) is 5.75 Å². The number of carbonyl (C=O) groups is 3. The van der Waals surface area contributed by atoms with E-state index in [9.17, 15) is 14.4 Å². The number of ether oxygens (including phenoxy) is 1. The van der Waals surface area contributed by atoms with Crippen LogP contribution in [0.25, 0.3) is 0 Å². The number of hydrogen-bond acceptors (Lipinski definition) is 5. The van der Waals surface area contributed by atoms with Gasteiger partial charge in [-0.25, -0.2) is 10.2 Å². The number of halogens is 3. The molecule has 0 aliphatic heterocycles. The molecule has 4 aromatic carbocycles.